The number of hydrogen-bond donors (Lipinski definition) is 0. The molecule has 0 aromatic heterocycles. The topological polar surface area (TPSA) is 54.5 Å². The van der Waals surface area contributed by atoms with Gasteiger partial charge in [-0.05, 0) is 60.2 Å². The summed E-state index contributed by atoms with van der Waals surface area (Å²) in [6, 6.07) is 19.9. The first kappa shape index (κ1) is 23.7. The molecule has 0 spiro atoms. The van der Waals surface area contributed by atoms with Gasteiger partial charge in [0.1, 0.15) is 0 Å². The summed E-state index contributed by atoms with van der Waals surface area (Å²) in [6.45, 7) is 2.50. The molecule has 0 radical (unpaired) electrons. The van der Waals surface area contributed by atoms with E-state index in [0.29, 0.717) is 34.1 Å². The largest absolute Gasteiger partial charge is 0.298 e. The third-order valence-corrected chi connectivity index (χ3v) is 8.24. The average Bonchev–Trinajstić information content (AvgIpc) is 3.17. The van der Waals surface area contributed by atoms with E-state index in [0.717, 1.165) is 23.0 Å². The maximum atomic E-state index is 13.4. The Morgan fingerprint density at radius 1 is 1.03 bits per heavy atom. The molecular formula is C26H23Cl2NO3S. The van der Waals surface area contributed by atoms with E-state index in [1.165, 1.54) is 4.31 Å². The lowest BCUT2D eigenvalue weighted by Gasteiger charge is -2.17. The molecule has 0 unspecified atom stereocenters. The van der Waals surface area contributed by atoms with E-state index in [2.05, 4.69) is 0 Å². The number of rotatable bonds is 6. The highest BCUT2D eigenvalue weighted by atomic mass is 35.5. The Morgan fingerprint density at radius 3 is 2.39 bits per heavy atom. The van der Waals surface area contributed by atoms with Gasteiger partial charge in [0.15, 0.2) is 6.29 Å². The highest BCUT2D eigenvalue weighted by molar-refractivity contribution is 7.89. The molecule has 3 aromatic carbocycles. The fourth-order valence-electron chi connectivity index (χ4n) is 4.13. The van der Waals surface area contributed by atoms with Crippen LogP contribution in [-0.4, -0.2) is 32.1 Å². The first-order valence-electron chi connectivity index (χ1n) is 10.5. The van der Waals surface area contributed by atoms with Crippen molar-refractivity contribution < 1.29 is 13.2 Å². The maximum Gasteiger partial charge on any atom is 0.243 e. The van der Waals surface area contributed by atoms with Gasteiger partial charge in [-0.25, -0.2) is 8.42 Å². The van der Waals surface area contributed by atoms with Crippen LogP contribution in [0.1, 0.15) is 27.0 Å². The Bertz CT molecular complexity index is 1300. The molecule has 1 atom stereocenters. The molecule has 1 saturated heterocycles. The molecule has 7 heteroatoms. The Morgan fingerprint density at radius 2 is 1.73 bits per heavy atom. The molecule has 1 heterocycles. The average molecular weight is 500 g/mol. The lowest BCUT2D eigenvalue weighted by atomic mass is 9.91. The summed E-state index contributed by atoms with van der Waals surface area (Å²) >= 11 is 12.4. The summed E-state index contributed by atoms with van der Waals surface area (Å²) in [5, 5.41) is 0.736. The Hall–Kier alpha value is -2.44. The van der Waals surface area contributed by atoms with Crippen molar-refractivity contribution in [3.8, 4) is 0 Å². The van der Waals surface area contributed by atoms with E-state index in [4.69, 9.17) is 23.2 Å². The van der Waals surface area contributed by atoms with Crippen LogP contribution in [0.3, 0.4) is 0 Å². The number of carbonyl (C=O) groups excluding carboxylic acids is 1. The van der Waals surface area contributed by atoms with Crippen LogP contribution in [0.4, 0.5) is 0 Å². The molecule has 170 valence electrons. The second kappa shape index (κ2) is 9.82. The van der Waals surface area contributed by atoms with Crippen LogP contribution in [-0.2, 0) is 16.4 Å². The molecule has 1 fully saturated rings. The summed E-state index contributed by atoms with van der Waals surface area (Å²) in [5.41, 5.74) is 4.06. The lowest BCUT2D eigenvalue weighted by molar-refractivity contribution is 0.112. The van der Waals surface area contributed by atoms with Crippen molar-refractivity contribution in [1.29, 1.82) is 0 Å². The van der Waals surface area contributed by atoms with E-state index in [9.17, 15) is 13.2 Å². The summed E-state index contributed by atoms with van der Waals surface area (Å²) in [5.74, 6) is -0.126. The minimum absolute atomic E-state index is 0.126. The summed E-state index contributed by atoms with van der Waals surface area (Å²) in [6.07, 6.45) is 3.21. The Balaban J connectivity index is 1.72. The zero-order chi connectivity index (χ0) is 23.6. The molecule has 1 aliphatic heterocycles. The third-order valence-electron chi connectivity index (χ3n) is 5.88. The van der Waals surface area contributed by atoms with Crippen LogP contribution in [0.5, 0.6) is 0 Å². The van der Waals surface area contributed by atoms with Gasteiger partial charge in [0.2, 0.25) is 10.0 Å². The molecule has 0 N–H and O–H groups in total. The van der Waals surface area contributed by atoms with Crippen molar-refractivity contribution in [2.75, 3.05) is 13.1 Å². The van der Waals surface area contributed by atoms with Crippen molar-refractivity contribution in [3.05, 3.63) is 105 Å². The molecular weight excluding hydrogens is 477 g/mol. The van der Waals surface area contributed by atoms with Crippen LogP contribution in [0.25, 0.3) is 6.08 Å². The van der Waals surface area contributed by atoms with Crippen LogP contribution >= 0.6 is 23.2 Å². The molecule has 0 bridgehead atoms. The van der Waals surface area contributed by atoms with Crippen molar-refractivity contribution in [2.24, 2.45) is 5.92 Å². The second-order valence-electron chi connectivity index (χ2n) is 8.22. The van der Waals surface area contributed by atoms with Crippen molar-refractivity contribution >= 4 is 45.6 Å². The van der Waals surface area contributed by atoms with Gasteiger partial charge in [0, 0.05) is 23.7 Å². The van der Waals surface area contributed by atoms with Crippen molar-refractivity contribution in [3.63, 3.8) is 0 Å². The first-order valence-corrected chi connectivity index (χ1v) is 12.7. The monoisotopic (exact) mass is 499 g/mol. The fourth-order valence-corrected chi connectivity index (χ4v) is 6.18. The molecule has 4 nitrogen and oxygen atoms in total. The number of carbonyl (C=O) groups is 1. The van der Waals surface area contributed by atoms with E-state index >= 15 is 0 Å². The van der Waals surface area contributed by atoms with Gasteiger partial charge in [0.05, 0.1) is 9.92 Å². The fraction of sp³-hybridized carbons (Fsp3) is 0.192. The number of aldehydes is 1. The molecule has 0 aliphatic carbocycles. The van der Waals surface area contributed by atoms with Gasteiger partial charge >= 0.3 is 0 Å². The van der Waals surface area contributed by atoms with Crippen molar-refractivity contribution in [2.45, 2.75) is 18.2 Å². The Kier molecular flexibility index (Phi) is 7.05. The smallest absolute Gasteiger partial charge is 0.243 e. The zero-order valence-corrected chi connectivity index (χ0v) is 20.4. The molecule has 0 saturated carbocycles. The molecule has 4 rings (SSSR count). The summed E-state index contributed by atoms with van der Waals surface area (Å²) in [4.78, 5) is 12.0. The molecule has 3 aromatic rings. The van der Waals surface area contributed by atoms with Gasteiger partial charge in [-0.2, -0.15) is 4.31 Å². The predicted octanol–water partition coefficient (Wildman–Crippen LogP) is 6.06. The van der Waals surface area contributed by atoms with E-state index < -0.39 is 10.0 Å². The van der Waals surface area contributed by atoms with Gasteiger partial charge in [-0.15, -0.1) is 0 Å². The number of halogens is 2. The van der Waals surface area contributed by atoms with Crippen LogP contribution < -0.4 is 0 Å². The minimum atomic E-state index is -3.67. The SMILES string of the molecule is Cc1ccc(S(=O)(=O)N2C/C(=C\c3ccccc3)[C@H](Cc3cc(Cl)cc(Cl)c3C=O)C2)cc1. The van der Waals surface area contributed by atoms with E-state index in [-0.39, 0.29) is 17.4 Å². The number of aryl methyl sites for hydroxylation is 1. The second-order valence-corrected chi connectivity index (χ2v) is 11.0. The number of sulfonamides is 1. The zero-order valence-electron chi connectivity index (χ0n) is 18.0. The minimum Gasteiger partial charge on any atom is -0.298 e. The van der Waals surface area contributed by atoms with Crippen molar-refractivity contribution in [1.82, 2.24) is 4.31 Å². The summed E-state index contributed by atoms with van der Waals surface area (Å²) < 4.78 is 28.3. The highest BCUT2D eigenvalue weighted by Crippen LogP contribution is 2.34. The van der Waals surface area contributed by atoms with Crippen LogP contribution in [0, 0.1) is 12.8 Å². The molecule has 33 heavy (non-hydrogen) atoms. The highest BCUT2D eigenvalue weighted by Gasteiger charge is 2.36. The lowest BCUT2D eigenvalue weighted by Crippen LogP contribution is -2.29. The van der Waals surface area contributed by atoms with Crippen LogP contribution in [0.15, 0.2) is 77.2 Å². The first-order chi connectivity index (χ1) is 15.8. The number of benzene rings is 3. The summed E-state index contributed by atoms with van der Waals surface area (Å²) in [7, 11) is -3.67. The number of hydrogen-bond acceptors (Lipinski definition) is 3. The normalized spacial score (nSPS) is 18.0. The predicted molar refractivity (Wildman–Crippen MR) is 133 cm³/mol. The van der Waals surface area contributed by atoms with E-state index in [1.807, 2.05) is 43.3 Å². The van der Waals surface area contributed by atoms with Crippen LogP contribution in [0.2, 0.25) is 10.0 Å². The van der Waals surface area contributed by atoms with Gasteiger partial charge in [-0.1, -0.05) is 77.3 Å². The third kappa shape index (κ3) is 5.22. The maximum absolute atomic E-state index is 13.4. The molecule has 0 amide bonds. The van der Waals surface area contributed by atoms with Gasteiger partial charge in [-0.3, -0.25) is 4.79 Å². The quantitative estimate of drug-likeness (QED) is 0.387. The Labute approximate surface area is 204 Å². The van der Waals surface area contributed by atoms with Gasteiger partial charge < -0.3 is 0 Å². The molecule has 1 aliphatic rings. The number of nitrogens with zero attached hydrogens (tertiary/aromatic N) is 1. The standard InChI is InChI=1S/C26H23Cl2NO3S/c1-18-7-9-24(10-8-18)33(31,32)29-15-21(11-19-5-3-2-4-6-19)22(16-29)12-20-13-23(27)14-26(28)25(20)17-30/h2-11,13-14,17,22H,12,15-16H2,1H3/b21-11+/t22-/m1/s1. The van der Waals surface area contributed by atoms with Gasteiger partial charge in [0.25, 0.3) is 0 Å². The van der Waals surface area contributed by atoms with E-state index in [1.54, 1.807) is 36.4 Å².